The Bertz CT molecular complexity index is 1210. The number of anilines is 1. The van der Waals surface area contributed by atoms with Gasteiger partial charge in [-0.3, -0.25) is 19.7 Å². The number of nitro benzene ring substituents is 1. The minimum atomic E-state index is -2.17. The smallest absolute Gasteiger partial charge is 0.280 e. The number of ketones is 1. The number of fused-ring (bicyclic) bond motifs is 1. The van der Waals surface area contributed by atoms with Crippen LogP contribution in [0.4, 0.5) is 11.4 Å². The number of para-hydroxylation sites is 1. The molecule has 3 aromatic rings. The third kappa shape index (κ3) is 3.88. The molecule has 1 N–H and O–H groups in total. The summed E-state index contributed by atoms with van der Waals surface area (Å²) in [7, 11) is 0. The molecule has 0 saturated carbocycles. The zero-order valence-electron chi connectivity index (χ0n) is 16.9. The minimum Gasteiger partial charge on any atom is -0.375 e. The molecule has 0 aromatic heterocycles. The van der Waals surface area contributed by atoms with Crippen molar-refractivity contribution in [1.82, 2.24) is 0 Å². The second-order valence-electron chi connectivity index (χ2n) is 7.59. The van der Waals surface area contributed by atoms with Crippen LogP contribution in [0.1, 0.15) is 27.9 Å². The van der Waals surface area contributed by atoms with Gasteiger partial charge in [-0.25, -0.2) is 0 Å². The molecule has 0 radical (unpaired) electrons. The Hall–Kier alpha value is -3.55. The van der Waals surface area contributed by atoms with Crippen LogP contribution in [0, 0.1) is 10.1 Å². The first-order chi connectivity index (χ1) is 15.3. The molecule has 1 amide bonds. The summed E-state index contributed by atoms with van der Waals surface area (Å²) in [6.45, 7) is 0.291. The van der Waals surface area contributed by atoms with Crippen molar-refractivity contribution in [2.45, 2.75) is 18.4 Å². The van der Waals surface area contributed by atoms with Crippen LogP contribution in [0.2, 0.25) is 5.02 Å². The first-order valence-electron chi connectivity index (χ1n) is 9.96. The summed E-state index contributed by atoms with van der Waals surface area (Å²) in [5, 5.41) is 23.0. The van der Waals surface area contributed by atoms with Crippen molar-refractivity contribution >= 4 is 34.7 Å². The molecule has 0 saturated heterocycles. The van der Waals surface area contributed by atoms with Crippen LogP contribution < -0.4 is 4.90 Å². The first-order valence-corrected chi connectivity index (χ1v) is 10.3. The summed E-state index contributed by atoms with van der Waals surface area (Å²) in [6.07, 6.45) is -0.0886. The Morgan fingerprint density at radius 3 is 2.47 bits per heavy atom. The Balaban J connectivity index is 1.67. The first kappa shape index (κ1) is 21.7. The van der Waals surface area contributed by atoms with E-state index in [9.17, 15) is 24.8 Å². The van der Waals surface area contributed by atoms with Crippen LogP contribution in [0.5, 0.6) is 0 Å². The SMILES string of the molecule is O=C(C[C@@]1(O)C(=O)N(CCc2ccccc2)c2ccc(Cl)cc21)c1ccccc1[N+](=O)[O-]. The van der Waals surface area contributed by atoms with Gasteiger partial charge in [-0.05, 0) is 36.2 Å². The van der Waals surface area contributed by atoms with Crippen molar-refractivity contribution in [3.8, 4) is 0 Å². The zero-order valence-corrected chi connectivity index (χ0v) is 17.7. The molecule has 4 rings (SSSR count). The molecule has 162 valence electrons. The fourth-order valence-electron chi connectivity index (χ4n) is 4.00. The predicted octanol–water partition coefficient (Wildman–Crippen LogP) is 4.30. The van der Waals surface area contributed by atoms with Crippen molar-refractivity contribution < 1.29 is 19.6 Å². The molecule has 8 heteroatoms. The summed E-state index contributed by atoms with van der Waals surface area (Å²) < 4.78 is 0. The topological polar surface area (TPSA) is 101 Å². The van der Waals surface area contributed by atoms with E-state index in [2.05, 4.69) is 0 Å². The molecule has 3 aromatic carbocycles. The lowest BCUT2D eigenvalue weighted by Gasteiger charge is -2.23. The summed E-state index contributed by atoms with van der Waals surface area (Å²) in [4.78, 5) is 38.4. The van der Waals surface area contributed by atoms with Gasteiger partial charge in [0.05, 0.1) is 22.6 Å². The quantitative estimate of drug-likeness (QED) is 0.328. The van der Waals surface area contributed by atoms with Crippen LogP contribution in [-0.4, -0.2) is 28.3 Å². The molecule has 0 spiro atoms. The van der Waals surface area contributed by atoms with Gasteiger partial charge in [0.25, 0.3) is 11.6 Å². The average molecular weight is 451 g/mol. The van der Waals surface area contributed by atoms with Crippen LogP contribution in [0.3, 0.4) is 0 Å². The van der Waals surface area contributed by atoms with Gasteiger partial charge in [0.15, 0.2) is 11.4 Å². The standard InChI is InChI=1S/C24H19ClN2O5/c25-17-10-11-21-19(14-17)24(30,15-22(28)18-8-4-5-9-20(18)27(31)32)23(29)26(21)13-12-16-6-2-1-3-7-16/h1-11,14,30H,12-13,15H2/t24-/m0/s1. The van der Waals surface area contributed by atoms with Crippen LogP contribution in [-0.2, 0) is 16.8 Å². The molecule has 7 nitrogen and oxygen atoms in total. The third-order valence-corrected chi connectivity index (χ3v) is 5.81. The van der Waals surface area contributed by atoms with Gasteiger partial charge in [0.1, 0.15) is 0 Å². The lowest BCUT2D eigenvalue weighted by Crippen LogP contribution is -2.42. The number of hydrogen-bond donors (Lipinski definition) is 1. The molecular weight excluding hydrogens is 432 g/mol. The van der Waals surface area contributed by atoms with Gasteiger partial charge in [0.2, 0.25) is 0 Å². The Kier molecular flexibility index (Phi) is 5.78. The van der Waals surface area contributed by atoms with Crippen LogP contribution >= 0.6 is 11.6 Å². The number of carbonyl (C=O) groups excluding carboxylic acids is 2. The summed E-state index contributed by atoms with van der Waals surface area (Å²) in [5.74, 6) is -1.36. The fraction of sp³-hybridized carbons (Fsp3) is 0.167. The zero-order chi connectivity index (χ0) is 22.9. The molecule has 0 fully saturated rings. The number of carbonyl (C=O) groups is 2. The molecule has 0 bridgehead atoms. The van der Waals surface area contributed by atoms with E-state index in [1.807, 2.05) is 30.3 Å². The highest BCUT2D eigenvalue weighted by Gasteiger charge is 2.51. The number of amides is 1. The van der Waals surface area contributed by atoms with E-state index in [0.717, 1.165) is 5.56 Å². The van der Waals surface area contributed by atoms with E-state index in [0.29, 0.717) is 23.7 Å². The largest absolute Gasteiger partial charge is 0.375 e. The molecule has 1 atom stereocenters. The lowest BCUT2D eigenvalue weighted by molar-refractivity contribution is -0.385. The van der Waals surface area contributed by atoms with Crippen molar-refractivity contribution in [2.24, 2.45) is 0 Å². The number of nitro groups is 1. The Morgan fingerprint density at radius 1 is 1.06 bits per heavy atom. The lowest BCUT2D eigenvalue weighted by atomic mass is 9.87. The van der Waals surface area contributed by atoms with Crippen molar-refractivity contribution in [3.63, 3.8) is 0 Å². The summed E-state index contributed by atoms with van der Waals surface area (Å²) >= 11 is 6.12. The molecular formula is C24H19ClN2O5. The van der Waals surface area contributed by atoms with E-state index >= 15 is 0 Å². The van der Waals surface area contributed by atoms with E-state index in [-0.39, 0.29) is 16.8 Å². The number of Topliss-reactive ketones (excluding diaryl/α,β-unsaturated/α-hetero) is 1. The highest BCUT2D eigenvalue weighted by molar-refractivity contribution is 6.31. The highest BCUT2D eigenvalue weighted by atomic mass is 35.5. The van der Waals surface area contributed by atoms with Gasteiger partial charge in [-0.2, -0.15) is 0 Å². The second kappa shape index (κ2) is 8.53. The maximum atomic E-state index is 13.3. The number of benzene rings is 3. The van der Waals surface area contributed by atoms with Crippen molar-refractivity contribution in [3.05, 3.63) is 105 Å². The highest BCUT2D eigenvalue weighted by Crippen LogP contribution is 2.44. The average Bonchev–Trinajstić information content (AvgIpc) is 2.99. The fourth-order valence-corrected chi connectivity index (χ4v) is 4.17. The maximum Gasteiger partial charge on any atom is 0.280 e. The third-order valence-electron chi connectivity index (χ3n) is 5.58. The van der Waals surface area contributed by atoms with E-state index in [1.54, 1.807) is 12.1 Å². The Labute approximate surface area is 189 Å². The maximum absolute atomic E-state index is 13.3. The molecule has 0 unspecified atom stereocenters. The van der Waals surface area contributed by atoms with E-state index < -0.39 is 28.6 Å². The number of nitrogens with zero attached hydrogens (tertiary/aromatic N) is 2. The number of halogens is 1. The van der Waals surface area contributed by atoms with Gasteiger partial charge in [-0.1, -0.05) is 54.1 Å². The van der Waals surface area contributed by atoms with Crippen molar-refractivity contribution in [2.75, 3.05) is 11.4 Å². The van der Waals surface area contributed by atoms with Gasteiger partial charge >= 0.3 is 0 Å². The molecule has 0 aliphatic carbocycles. The van der Waals surface area contributed by atoms with E-state index in [4.69, 9.17) is 11.6 Å². The molecule has 1 heterocycles. The van der Waals surface area contributed by atoms with E-state index in [1.165, 1.54) is 35.2 Å². The van der Waals surface area contributed by atoms with Crippen molar-refractivity contribution in [1.29, 1.82) is 0 Å². The summed E-state index contributed by atoms with van der Waals surface area (Å²) in [5.41, 5.74) is -1.01. The number of hydrogen-bond acceptors (Lipinski definition) is 5. The summed E-state index contributed by atoms with van der Waals surface area (Å²) in [6, 6.07) is 19.8. The van der Waals surface area contributed by atoms with Gasteiger partial charge in [-0.15, -0.1) is 0 Å². The molecule has 1 aliphatic rings. The molecule has 32 heavy (non-hydrogen) atoms. The number of rotatable bonds is 7. The van der Waals surface area contributed by atoms with Crippen LogP contribution in [0.25, 0.3) is 0 Å². The van der Waals surface area contributed by atoms with Gasteiger partial charge in [0, 0.05) is 23.2 Å². The normalized spacial score (nSPS) is 17.3. The molecule has 1 aliphatic heterocycles. The number of aliphatic hydroxyl groups is 1. The second-order valence-corrected chi connectivity index (χ2v) is 8.02. The predicted molar refractivity (Wildman–Crippen MR) is 120 cm³/mol. The minimum absolute atomic E-state index is 0.162. The Morgan fingerprint density at radius 2 is 1.75 bits per heavy atom. The van der Waals surface area contributed by atoms with Gasteiger partial charge < -0.3 is 10.0 Å². The van der Waals surface area contributed by atoms with Crippen LogP contribution in [0.15, 0.2) is 72.8 Å². The monoisotopic (exact) mass is 450 g/mol.